The molecule has 0 aromatic carbocycles. The van der Waals surface area contributed by atoms with Crippen LogP contribution in [-0.2, 0) is 9.53 Å². The first-order chi connectivity index (χ1) is 7.13. The summed E-state index contributed by atoms with van der Waals surface area (Å²) in [5, 5.41) is 2.54. The molecule has 15 heavy (non-hydrogen) atoms. The Morgan fingerprint density at radius 2 is 2.20 bits per heavy atom. The van der Waals surface area contributed by atoms with Gasteiger partial charge in [0, 0.05) is 6.54 Å². The SMILES string of the molecule is COC(=O)CCNC(=O)c1ccc(C)o1. The number of nitrogens with one attached hydrogen (secondary N) is 1. The van der Waals surface area contributed by atoms with Gasteiger partial charge in [-0.25, -0.2) is 0 Å². The van der Waals surface area contributed by atoms with E-state index in [1.54, 1.807) is 19.1 Å². The van der Waals surface area contributed by atoms with Gasteiger partial charge in [0.25, 0.3) is 5.91 Å². The second-order valence-corrected chi connectivity index (χ2v) is 2.99. The number of carbonyl (C=O) groups is 2. The van der Waals surface area contributed by atoms with E-state index >= 15 is 0 Å². The normalized spacial score (nSPS) is 9.73. The van der Waals surface area contributed by atoms with Gasteiger partial charge in [-0.05, 0) is 19.1 Å². The highest BCUT2D eigenvalue weighted by atomic mass is 16.5. The number of esters is 1. The minimum atomic E-state index is -0.356. The molecule has 5 heteroatoms. The van der Waals surface area contributed by atoms with Crippen molar-refractivity contribution in [3.05, 3.63) is 23.7 Å². The molecule has 0 spiro atoms. The van der Waals surface area contributed by atoms with Gasteiger partial charge < -0.3 is 14.5 Å². The summed E-state index contributed by atoms with van der Waals surface area (Å²) in [5.41, 5.74) is 0. The van der Waals surface area contributed by atoms with Crippen LogP contribution in [0.4, 0.5) is 0 Å². The van der Waals surface area contributed by atoms with Crippen LogP contribution in [0.25, 0.3) is 0 Å². The van der Waals surface area contributed by atoms with Gasteiger partial charge in [0.1, 0.15) is 5.76 Å². The molecule has 0 radical (unpaired) electrons. The lowest BCUT2D eigenvalue weighted by Crippen LogP contribution is -2.25. The van der Waals surface area contributed by atoms with Crippen LogP contribution >= 0.6 is 0 Å². The van der Waals surface area contributed by atoms with E-state index in [0.29, 0.717) is 5.76 Å². The number of hydrogen-bond donors (Lipinski definition) is 1. The molecule has 1 amide bonds. The summed E-state index contributed by atoms with van der Waals surface area (Å²) in [5.74, 6) is 0.239. The van der Waals surface area contributed by atoms with Crippen molar-refractivity contribution < 1.29 is 18.7 Å². The van der Waals surface area contributed by atoms with E-state index in [1.165, 1.54) is 7.11 Å². The van der Waals surface area contributed by atoms with Crippen LogP contribution in [0.2, 0.25) is 0 Å². The lowest BCUT2D eigenvalue weighted by atomic mass is 10.4. The molecule has 0 atom stereocenters. The van der Waals surface area contributed by atoms with Gasteiger partial charge in [-0.3, -0.25) is 9.59 Å². The number of hydrogen-bond acceptors (Lipinski definition) is 4. The molecular weight excluding hydrogens is 198 g/mol. The maximum absolute atomic E-state index is 11.4. The zero-order valence-electron chi connectivity index (χ0n) is 8.70. The van der Waals surface area contributed by atoms with Gasteiger partial charge >= 0.3 is 5.97 Å². The van der Waals surface area contributed by atoms with E-state index in [-0.39, 0.29) is 30.6 Å². The summed E-state index contributed by atoms with van der Waals surface area (Å²) >= 11 is 0. The van der Waals surface area contributed by atoms with Gasteiger partial charge in [-0.2, -0.15) is 0 Å². The minimum Gasteiger partial charge on any atom is -0.469 e. The summed E-state index contributed by atoms with van der Waals surface area (Å²) in [6.45, 7) is 2.00. The largest absolute Gasteiger partial charge is 0.469 e. The first-order valence-electron chi connectivity index (χ1n) is 4.55. The fourth-order valence-corrected chi connectivity index (χ4v) is 1.02. The van der Waals surface area contributed by atoms with Gasteiger partial charge in [-0.1, -0.05) is 0 Å². The summed E-state index contributed by atoms with van der Waals surface area (Å²) in [6.07, 6.45) is 0.155. The monoisotopic (exact) mass is 211 g/mol. The molecule has 1 N–H and O–H groups in total. The Labute approximate surface area is 87.4 Å². The smallest absolute Gasteiger partial charge is 0.307 e. The Balaban J connectivity index is 2.34. The Bertz CT molecular complexity index is 356. The average molecular weight is 211 g/mol. The average Bonchev–Trinajstić information content (AvgIpc) is 2.64. The Kier molecular flexibility index (Phi) is 3.91. The maximum atomic E-state index is 11.4. The molecule has 1 heterocycles. The number of furan rings is 1. The van der Waals surface area contributed by atoms with Crippen LogP contribution in [0, 0.1) is 6.92 Å². The highest BCUT2D eigenvalue weighted by Gasteiger charge is 2.09. The third kappa shape index (κ3) is 3.46. The number of carbonyl (C=O) groups excluding carboxylic acids is 2. The Hall–Kier alpha value is -1.78. The van der Waals surface area contributed by atoms with E-state index in [4.69, 9.17) is 4.42 Å². The van der Waals surface area contributed by atoms with Gasteiger partial charge in [0.15, 0.2) is 5.76 Å². The fourth-order valence-electron chi connectivity index (χ4n) is 1.02. The highest BCUT2D eigenvalue weighted by molar-refractivity contribution is 5.91. The van der Waals surface area contributed by atoms with E-state index in [9.17, 15) is 9.59 Å². The Morgan fingerprint density at radius 3 is 2.73 bits per heavy atom. The van der Waals surface area contributed by atoms with Crippen molar-refractivity contribution in [2.24, 2.45) is 0 Å². The van der Waals surface area contributed by atoms with Crippen LogP contribution in [0.1, 0.15) is 22.7 Å². The first kappa shape index (κ1) is 11.3. The zero-order chi connectivity index (χ0) is 11.3. The van der Waals surface area contributed by atoms with Crippen molar-refractivity contribution in [3.8, 4) is 0 Å². The van der Waals surface area contributed by atoms with E-state index in [1.807, 2.05) is 0 Å². The molecule has 82 valence electrons. The molecule has 1 aromatic heterocycles. The quantitative estimate of drug-likeness (QED) is 0.750. The van der Waals surface area contributed by atoms with Crippen molar-refractivity contribution in [1.82, 2.24) is 5.32 Å². The van der Waals surface area contributed by atoms with Crippen molar-refractivity contribution in [3.63, 3.8) is 0 Å². The van der Waals surface area contributed by atoms with Gasteiger partial charge in [0.05, 0.1) is 13.5 Å². The van der Waals surface area contributed by atoms with Gasteiger partial charge in [-0.15, -0.1) is 0 Å². The summed E-state index contributed by atoms with van der Waals surface area (Å²) in [6, 6.07) is 3.29. The number of rotatable bonds is 4. The molecule has 1 rings (SSSR count). The van der Waals surface area contributed by atoms with E-state index in [2.05, 4.69) is 10.1 Å². The van der Waals surface area contributed by atoms with Crippen molar-refractivity contribution in [2.75, 3.05) is 13.7 Å². The number of ether oxygens (including phenoxy) is 1. The molecule has 0 fully saturated rings. The van der Waals surface area contributed by atoms with Crippen LogP contribution in [0.3, 0.4) is 0 Å². The molecule has 0 saturated heterocycles. The maximum Gasteiger partial charge on any atom is 0.307 e. The molecule has 0 aliphatic rings. The van der Waals surface area contributed by atoms with E-state index in [0.717, 1.165) is 0 Å². The minimum absolute atomic E-state index is 0.155. The molecule has 0 unspecified atom stereocenters. The standard InChI is InChI=1S/C10H13NO4/c1-7-3-4-8(15-7)10(13)11-6-5-9(12)14-2/h3-4H,5-6H2,1-2H3,(H,11,13). The summed E-state index contributed by atoms with van der Waals surface area (Å²) in [7, 11) is 1.31. The number of methoxy groups -OCH3 is 1. The van der Waals surface area contributed by atoms with Crippen LogP contribution in [0.5, 0.6) is 0 Å². The highest BCUT2D eigenvalue weighted by Crippen LogP contribution is 2.05. The van der Waals surface area contributed by atoms with Crippen molar-refractivity contribution >= 4 is 11.9 Å². The van der Waals surface area contributed by atoms with Crippen LogP contribution < -0.4 is 5.32 Å². The zero-order valence-corrected chi connectivity index (χ0v) is 8.70. The third-order valence-corrected chi connectivity index (χ3v) is 1.81. The van der Waals surface area contributed by atoms with Crippen LogP contribution in [0.15, 0.2) is 16.5 Å². The van der Waals surface area contributed by atoms with Crippen LogP contribution in [-0.4, -0.2) is 25.5 Å². The van der Waals surface area contributed by atoms with Crippen molar-refractivity contribution in [2.45, 2.75) is 13.3 Å². The second-order valence-electron chi connectivity index (χ2n) is 2.99. The third-order valence-electron chi connectivity index (χ3n) is 1.81. The lowest BCUT2D eigenvalue weighted by molar-refractivity contribution is -0.140. The molecule has 1 aromatic rings. The van der Waals surface area contributed by atoms with E-state index < -0.39 is 0 Å². The molecule has 0 aliphatic carbocycles. The number of aryl methyl sites for hydroxylation is 1. The molecule has 5 nitrogen and oxygen atoms in total. The topological polar surface area (TPSA) is 68.5 Å². The Morgan fingerprint density at radius 1 is 1.47 bits per heavy atom. The number of amides is 1. The fraction of sp³-hybridized carbons (Fsp3) is 0.400. The summed E-state index contributed by atoms with van der Waals surface area (Å²) in [4.78, 5) is 22.1. The predicted octanol–water partition coefficient (Wildman–Crippen LogP) is 0.881. The predicted molar refractivity (Wildman–Crippen MR) is 52.4 cm³/mol. The van der Waals surface area contributed by atoms with Crippen molar-refractivity contribution in [1.29, 1.82) is 0 Å². The molecule has 0 aliphatic heterocycles. The van der Waals surface area contributed by atoms with Gasteiger partial charge in [0.2, 0.25) is 0 Å². The molecule has 0 saturated carbocycles. The first-order valence-corrected chi connectivity index (χ1v) is 4.55. The lowest BCUT2D eigenvalue weighted by Gasteiger charge is -2.01. The summed E-state index contributed by atoms with van der Waals surface area (Å²) < 4.78 is 9.53. The molecular formula is C10H13NO4. The molecule has 0 bridgehead atoms. The second kappa shape index (κ2) is 5.19.